The molecule has 1 fully saturated rings. The zero-order valence-corrected chi connectivity index (χ0v) is 6.58. The van der Waals surface area contributed by atoms with E-state index in [4.69, 9.17) is 9.84 Å². The van der Waals surface area contributed by atoms with Gasteiger partial charge in [0.2, 0.25) is 0 Å². The smallest absolute Gasteiger partial charge is 0.394 e. The van der Waals surface area contributed by atoms with E-state index in [2.05, 4.69) is 5.32 Å². The van der Waals surface area contributed by atoms with Crippen LogP contribution in [-0.4, -0.2) is 36.2 Å². The van der Waals surface area contributed by atoms with Crippen molar-refractivity contribution in [1.82, 2.24) is 5.32 Å². The van der Waals surface area contributed by atoms with Crippen molar-refractivity contribution in [2.75, 3.05) is 13.2 Å². The predicted octanol–water partition coefficient (Wildman–Crippen LogP) is -0.634. The minimum Gasteiger partial charge on any atom is -0.474 e. The average molecular weight is 173 g/mol. The Labute approximate surface area is 69.7 Å². The third-order valence-electron chi connectivity index (χ3n) is 1.71. The van der Waals surface area contributed by atoms with Gasteiger partial charge in [0.15, 0.2) is 0 Å². The Morgan fingerprint density at radius 2 is 2.33 bits per heavy atom. The first-order valence-electron chi connectivity index (χ1n) is 3.83. The molecule has 5 heteroatoms. The highest BCUT2D eigenvalue weighted by Crippen LogP contribution is 2.10. The molecule has 5 nitrogen and oxygen atoms in total. The maximum absolute atomic E-state index is 10.5. The summed E-state index contributed by atoms with van der Waals surface area (Å²) in [5, 5.41) is 10.5. The molecule has 0 aromatic rings. The fraction of sp³-hybridized carbons (Fsp3) is 0.714. The SMILES string of the molecule is O=C(O)C(=O)NC[C@@H]1CCCO1. The van der Waals surface area contributed by atoms with E-state index in [1.807, 2.05) is 0 Å². The number of nitrogens with one attached hydrogen (secondary N) is 1. The summed E-state index contributed by atoms with van der Waals surface area (Å²) in [7, 11) is 0. The maximum atomic E-state index is 10.5. The van der Waals surface area contributed by atoms with E-state index < -0.39 is 11.9 Å². The number of rotatable bonds is 2. The highest BCUT2D eigenvalue weighted by Gasteiger charge is 2.18. The van der Waals surface area contributed by atoms with E-state index in [1.54, 1.807) is 0 Å². The number of carbonyl (C=O) groups is 2. The van der Waals surface area contributed by atoms with Crippen molar-refractivity contribution in [1.29, 1.82) is 0 Å². The van der Waals surface area contributed by atoms with Crippen LogP contribution in [0.3, 0.4) is 0 Å². The lowest BCUT2D eigenvalue weighted by molar-refractivity contribution is -0.150. The van der Waals surface area contributed by atoms with Crippen LogP contribution in [0.5, 0.6) is 0 Å². The molecule has 1 rings (SSSR count). The van der Waals surface area contributed by atoms with Crippen LogP contribution >= 0.6 is 0 Å². The Morgan fingerprint density at radius 1 is 1.58 bits per heavy atom. The van der Waals surface area contributed by atoms with Crippen molar-refractivity contribution >= 4 is 11.9 Å². The molecule has 1 amide bonds. The predicted molar refractivity (Wildman–Crippen MR) is 39.6 cm³/mol. The van der Waals surface area contributed by atoms with Crippen LogP contribution in [0.4, 0.5) is 0 Å². The first-order valence-corrected chi connectivity index (χ1v) is 3.83. The summed E-state index contributed by atoms with van der Waals surface area (Å²) in [6.07, 6.45) is 1.86. The molecule has 0 spiro atoms. The lowest BCUT2D eigenvalue weighted by Crippen LogP contribution is -2.36. The Balaban J connectivity index is 2.16. The molecule has 0 aliphatic carbocycles. The molecular formula is C7H11NO4. The molecule has 0 radical (unpaired) electrons. The number of hydrogen-bond acceptors (Lipinski definition) is 3. The van der Waals surface area contributed by atoms with Crippen LogP contribution in [0.25, 0.3) is 0 Å². The number of aliphatic carboxylic acids is 1. The second kappa shape index (κ2) is 4.06. The Bertz CT molecular complexity index is 186. The van der Waals surface area contributed by atoms with Crippen LogP contribution in [0, 0.1) is 0 Å². The van der Waals surface area contributed by atoms with Gasteiger partial charge in [0, 0.05) is 13.2 Å². The van der Waals surface area contributed by atoms with Gasteiger partial charge in [-0.25, -0.2) is 4.79 Å². The van der Waals surface area contributed by atoms with Gasteiger partial charge in [0.1, 0.15) is 0 Å². The second-order valence-corrected chi connectivity index (χ2v) is 2.65. The van der Waals surface area contributed by atoms with Crippen molar-refractivity contribution in [3.8, 4) is 0 Å². The third-order valence-corrected chi connectivity index (χ3v) is 1.71. The molecule has 1 atom stereocenters. The van der Waals surface area contributed by atoms with Gasteiger partial charge in [-0.1, -0.05) is 0 Å². The quantitative estimate of drug-likeness (QED) is 0.545. The van der Waals surface area contributed by atoms with E-state index >= 15 is 0 Å². The minimum atomic E-state index is -1.45. The fourth-order valence-electron chi connectivity index (χ4n) is 1.09. The first-order chi connectivity index (χ1) is 5.70. The lowest BCUT2D eigenvalue weighted by atomic mass is 10.2. The summed E-state index contributed by atoms with van der Waals surface area (Å²) >= 11 is 0. The third kappa shape index (κ3) is 2.50. The lowest BCUT2D eigenvalue weighted by Gasteiger charge is -2.08. The molecule has 68 valence electrons. The number of ether oxygens (including phenoxy) is 1. The molecule has 1 heterocycles. The van der Waals surface area contributed by atoms with Gasteiger partial charge >= 0.3 is 11.9 Å². The summed E-state index contributed by atoms with van der Waals surface area (Å²) in [6, 6.07) is 0. The first kappa shape index (κ1) is 8.99. The normalized spacial score (nSPS) is 22.2. The Hall–Kier alpha value is -1.10. The van der Waals surface area contributed by atoms with Crippen LogP contribution in [-0.2, 0) is 14.3 Å². The monoisotopic (exact) mass is 173 g/mol. The van der Waals surface area contributed by atoms with Gasteiger partial charge in [-0.2, -0.15) is 0 Å². The minimum absolute atomic E-state index is 0.00620. The zero-order chi connectivity index (χ0) is 8.97. The van der Waals surface area contributed by atoms with E-state index in [1.165, 1.54) is 0 Å². The number of amides is 1. The summed E-state index contributed by atoms with van der Waals surface area (Å²) in [6.45, 7) is 0.999. The molecule has 0 aromatic carbocycles. The molecule has 1 saturated heterocycles. The maximum Gasteiger partial charge on any atom is 0.394 e. The zero-order valence-electron chi connectivity index (χ0n) is 6.58. The number of hydrogen-bond donors (Lipinski definition) is 2. The van der Waals surface area contributed by atoms with E-state index in [0.717, 1.165) is 12.8 Å². The van der Waals surface area contributed by atoms with Crippen LogP contribution < -0.4 is 5.32 Å². The number of carboxylic acids is 1. The number of carbonyl (C=O) groups excluding carboxylic acids is 1. The van der Waals surface area contributed by atoms with E-state index in [-0.39, 0.29) is 6.10 Å². The van der Waals surface area contributed by atoms with Crippen molar-refractivity contribution in [3.63, 3.8) is 0 Å². The summed E-state index contributed by atoms with van der Waals surface area (Å²) < 4.78 is 5.18. The van der Waals surface area contributed by atoms with E-state index in [9.17, 15) is 9.59 Å². The number of carboxylic acid groups (broad SMARTS) is 1. The van der Waals surface area contributed by atoms with Gasteiger partial charge in [0.25, 0.3) is 0 Å². The Kier molecular flexibility index (Phi) is 3.04. The molecular weight excluding hydrogens is 162 g/mol. The van der Waals surface area contributed by atoms with Gasteiger partial charge in [-0.15, -0.1) is 0 Å². The summed E-state index contributed by atoms with van der Waals surface area (Å²) in [5.41, 5.74) is 0. The van der Waals surface area contributed by atoms with Gasteiger partial charge in [-0.05, 0) is 12.8 Å². The topological polar surface area (TPSA) is 75.6 Å². The van der Waals surface area contributed by atoms with Crippen LogP contribution in [0.1, 0.15) is 12.8 Å². The molecule has 1 aliphatic heterocycles. The van der Waals surface area contributed by atoms with Crippen LogP contribution in [0.2, 0.25) is 0 Å². The highest BCUT2D eigenvalue weighted by molar-refractivity contribution is 6.31. The molecule has 0 aromatic heterocycles. The molecule has 0 bridgehead atoms. The average Bonchev–Trinajstić information content (AvgIpc) is 2.51. The summed E-state index contributed by atoms with van der Waals surface area (Å²) in [4.78, 5) is 20.6. The van der Waals surface area contributed by atoms with Gasteiger partial charge in [-0.3, -0.25) is 4.79 Å². The van der Waals surface area contributed by atoms with E-state index in [0.29, 0.717) is 13.2 Å². The largest absolute Gasteiger partial charge is 0.474 e. The molecule has 0 unspecified atom stereocenters. The molecule has 2 N–H and O–H groups in total. The highest BCUT2D eigenvalue weighted by atomic mass is 16.5. The second-order valence-electron chi connectivity index (χ2n) is 2.65. The van der Waals surface area contributed by atoms with Crippen molar-refractivity contribution < 1.29 is 19.4 Å². The standard InChI is InChI=1S/C7H11NO4/c9-6(7(10)11)8-4-5-2-1-3-12-5/h5H,1-4H2,(H,8,9)(H,10,11)/t5-/m0/s1. The van der Waals surface area contributed by atoms with Crippen molar-refractivity contribution in [3.05, 3.63) is 0 Å². The Morgan fingerprint density at radius 3 is 2.83 bits per heavy atom. The van der Waals surface area contributed by atoms with Gasteiger partial charge in [0.05, 0.1) is 6.10 Å². The van der Waals surface area contributed by atoms with Crippen molar-refractivity contribution in [2.24, 2.45) is 0 Å². The molecule has 12 heavy (non-hydrogen) atoms. The fourth-order valence-corrected chi connectivity index (χ4v) is 1.09. The van der Waals surface area contributed by atoms with Crippen molar-refractivity contribution in [2.45, 2.75) is 18.9 Å². The molecule has 0 saturated carbocycles. The van der Waals surface area contributed by atoms with Gasteiger partial charge < -0.3 is 15.2 Å². The molecule has 1 aliphatic rings. The summed E-state index contributed by atoms with van der Waals surface area (Å²) in [5.74, 6) is -2.42. The van der Waals surface area contributed by atoms with Crippen LogP contribution in [0.15, 0.2) is 0 Å².